The van der Waals surface area contributed by atoms with Crippen LogP contribution in [0.25, 0.3) is 0 Å². The van der Waals surface area contributed by atoms with Crippen molar-refractivity contribution in [2.75, 3.05) is 45.7 Å². The predicted molar refractivity (Wildman–Crippen MR) is 142 cm³/mol. The van der Waals surface area contributed by atoms with Gasteiger partial charge in [0, 0.05) is 39.3 Å². The number of nitrogens with one attached hydrogen (secondary N) is 1. The molecule has 1 fully saturated rings. The lowest BCUT2D eigenvalue weighted by Gasteiger charge is -2.34. The van der Waals surface area contributed by atoms with E-state index in [1.54, 1.807) is 26.2 Å². The minimum Gasteiger partial charge on any atom is -0.497 e. The highest BCUT2D eigenvalue weighted by molar-refractivity contribution is 6.32. The first-order valence-electron chi connectivity index (χ1n) is 12.6. The van der Waals surface area contributed by atoms with Crippen molar-refractivity contribution in [1.82, 2.24) is 15.2 Å². The van der Waals surface area contributed by atoms with Crippen molar-refractivity contribution in [2.24, 2.45) is 11.8 Å². The Morgan fingerprint density at radius 3 is 2.46 bits per heavy atom. The Hall–Kier alpha value is -3.05. The molecular formula is C27H34ClF3N4O4. The van der Waals surface area contributed by atoms with Crippen molar-refractivity contribution in [3.63, 3.8) is 0 Å². The van der Waals surface area contributed by atoms with Crippen LogP contribution in [0.1, 0.15) is 42.1 Å². The van der Waals surface area contributed by atoms with Gasteiger partial charge < -0.3 is 25.0 Å². The maximum Gasteiger partial charge on any atom is 0.430 e. The number of benzene rings is 1. The third-order valence-electron chi connectivity index (χ3n) is 6.98. The second kappa shape index (κ2) is 12.4. The van der Waals surface area contributed by atoms with Gasteiger partial charge in [0.05, 0.1) is 12.7 Å². The summed E-state index contributed by atoms with van der Waals surface area (Å²) in [5.41, 5.74) is -3.98. The van der Waals surface area contributed by atoms with Gasteiger partial charge in [-0.3, -0.25) is 9.59 Å². The number of hydrogen-bond acceptors (Lipinski definition) is 6. The second-order valence-electron chi connectivity index (χ2n) is 10.1. The molecule has 2 heterocycles. The van der Waals surface area contributed by atoms with Crippen molar-refractivity contribution < 1.29 is 32.6 Å². The van der Waals surface area contributed by atoms with E-state index in [1.807, 2.05) is 6.92 Å². The van der Waals surface area contributed by atoms with Gasteiger partial charge in [0.2, 0.25) is 0 Å². The van der Waals surface area contributed by atoms with E-state index in [1.165, 1.54) is 24.1 Å². The van der Waals surface area contributed by atoms with Crippen LogP contribution >= 0.6 is 11.6 Å². The minimum absolute atomic E-state index is 0.0140. The number of anilines is 1. The highest BCUT2D eigenvalue weighted by atomic mass is 35.5. The van der Waals surface area contributed by atoms with Gasteiger partial charge in [-0.05, 0) is 55.4 Å². The normalized spacial score (nSPS) is 16.8. The van der Waals surface area contributed by atoms with Gasteiger partial charge >= 0.3 is 6.18 Å². The number of ether oxygens (including phenoxy) is 1. The number of nitrogens with zero attached hydrogens (tertiary/aromatic N) is 3. The zero-order chi connectivity index (χ0) is 29.0. The second-order valence-corrected chi connectivity index (χ2v) is 10.5. The van der Waals surface area contributed by atoms with E-state index in [4.69, 9.17) is 16.3 Å². The van der Waals surface area contributed by atoms with Crippen LogP contribution in [0.5, 0.6) is 5.75 Å². The van der Waals surface area contributed by atoms with Crippen LogP contribution in [0.2, 0.25) is 5.15 Å². The van der Waals surface area contributed by atoms with Crippen LogP contribution < -0.4 is 15.0 Å². The number of methoxy groups -OCH3 is 1. The van der Waals surface area contributed by atoms with Crippen LogP contribution in [-0.2, 0) is 10.4 Å². The zero-order valence-electron chi connectivity index (χ0n) is 22.4. The van der Waals surface area contributed by atoms with Crippen LogP contribution in [0.3, 0.4) is 0 Å². The number of hydrogen-bond donors (Lipinski definition) is 2. The van der Waals surface area contributed by atoms with Crippen LogP contribution in [0, 0.1) is 11.8 Å². The van der Waals surface area contributed by atoms with E-state index in [0.29, 0.717) is 36.8 Å². The highest BCUT2D eigenvalue weighted by Gasteiger charge is 2.60. The number of pyridine rings is 1. The lowest BCUT2D eigenvalue weighted by atomic mass is 9.87. The first-order valence-corrected chi connectivity index (χ1v) is 13.0. The summed E-state index contributed by atoms with van der Waals surface area (Å²) in [5.74, 6) is -0.786. The van der Waals surface area contributed by atoms with Gasteiger partial charge in [-0.2, -0.15) is 13.2 Å². The number of rotatable bonds is 9. The smallest absolute Gasteiger partial charge is 0.430 e. The molecule has 0 saturated carbocycles. The maximum atomic E-state index is 13.9. The molecule has 1 saturated heterocycles. The van der Waals surface area contributed by atoms with Gasteiger partial charge in [-0.15, -0.1) is 0 Å². The number of aromatic nitrogens is 1. The number of piperidine rings is 1. The van der Waals surface area contributed by atoms with E-state index < -0.39 is 23.2 Å². The molecule has 2 N–H and O–H groups in total. The number of aliphatic hydroxyl groups is 1. The number of carbonyl (C=O) groups is 2. The molecule has 3 rings (SSSR count). The summed E-state index contributed by atoms with van der Waals surface area (Å²) >= 11 is 6.25. The molecule has 0 radical (unpaired) electrons. The molecule has 39 heavy (non-hydrogen) atoms. The number of amides is 2. The Kier molecular flexibility index (Phi) is 9.71. The molecule has 214 valence electrons. The van der Waals surface area contributed by atoms with Crippen LogP contribution in [0.15, 0.2) is 36.4 Å². The zero-order valence-corrected chi connectivity index (χ0v) is 23.1. The standard InChI is InChI=1S/C27H34ClF3N4O4/c1-17(16-32-25(37)26(38,27(29,30)31)19-6-5-7-20(15-19)39-4)14-18-10-12-35(13-11-18)22-9-8-21(23(28)33-22)24(36)34(2)3/h5-9,15,17-18,38H,10-14,16H2,1-4H3,(H,32,37)/t17-,26+/m0/s1. The summed E-state index contributed by atoms with van der Waals surface area (Å²) in [6.07, 6.45) is -2.88. The van der Waals surface area contributed by atoms with Crippen molar-refractivity contribution in [3.8, 4) is 5.75 Å². The SMILES string of the molecule is COc1cccc([C@@](O)(C(=O)NC[C@@H](C)CC2CCN(c3ccc(C(=O)N(C)C)c(Cl)n3)CC2)C(F)(F)F)c1. The molecule has 1 aliphatic heterocycles. The Labute approximate surface area is 231 Å². The topological polar surface area (TPSA) is 95.0 Å². The first-order chi connectivity index (χ1) is 18.3. The summed E-state index contributed by atoms with van der Waals surface area (Å²) in [5, 5.41) is 13.0. The molecule has 2 atom stereocenters. The number of carbonyl (C=O) groups excluding carboxylic acids is 2. The molecule has 0 aliphatic carbocycles. The van der Waals surface area contributed by atoms with Gasteiger partial charge in [0.1, 0.15) is 16.7 Å². The average molecular weight is 571 g/mol. The van der Waals surface area contributed by atoms with Gasteiger partial charge in [-0.25, -0.2) is 4.98 Å². The van der Waals surface area contributed by atoms with Crippen LogP contribution in [0.4, 0.5) is 19.0 Å². The molecule has 0 unspecified atom stereocenters. The Morgan fingerprint density at radius 2 is 1.90 bits per heavy atom. The highest BCUT2D eigenvalue weighted by Crippen LogP contribution is 2.40. The van der Waals surface area contributed by atoms with Crippen molar-refractivity contribution in [1.29, 1.82) is 0 Å². The van der Waals surface area contributed by atoms with Crippen molar-refractivity contribution in [2.45, 2.75) is 38.0 Å². The molecule has 1 aliphatic rings. The summed E-state index contributed by atoms with van der Waals surface area (Å²) in [6, 6.07) is 8.19. The van der Waals surface area contributed by atoms with E-state index in [-0.39, 0.29) is 29.3 Å². The fraction of sp³-hybridized carbons (Fsp3) is 0.519. The van der Waals surface area contributed by atoms with Crippen LogP contribution in [-0.4, -0.2) is 73.8 Å². The van der Waals surface area contributed by atoms with Crippen molar-refractivity contribution >= 4 is 29.2 Å². The number of alkyl halides is 3. The average Bonchev–Trinajstić information content (AvgIpc) is 2.90. The fourth-order valence-corrected chi connectivity index (χ4v) is 4.95. The Morgan fingerprint density at radius 1 is 1.23 bits per heavy atom. The van der Waals surface area contributed by atoms with Gasteiger partial charge in [0.25, 0.3) is 17.4 Å². The molecule has 2 aromatic rings. The quantitative estimate of drug-likeness (QED) is 0.438. The van der Waals surface area contributed by atoms with E-state index >= 15 is 0 Å². The number of halogens is 4. The molecule has 0 spiro atoms. The lowest BCUT2D eigenvalue weighted by molar-refractivity contribution is -0.257. The van der Waals surface area contributed by atoms with E-state index in [9.17, 15) is 27.9 Å². The first kappa shape index (κ1) is 30.5. The van der Waals surface area contributed by atoms with E-state index in [0.717, 1.165) is 25.0 Å². The lowest BCUT2D eigenvalue weighted by Crippen LogP contribution is -2.55. The molecule has 1 aromatic heterocycles. The summed E-state index contributed by atoms with van der Waals surface area (Å²) in [4.78, 5) is 32.7. The molecule has 1 aromatic carbocycles. The monoisotopic (exact) mass is 570 g/mol. The summed E-state index contributed by atoms with van der Waals surface area (Å²) in [6.45, 7) is 3.25. The largest absolute Gasteiger partial charge is 0.497 e. The molecule has 0 bridgehead atoms. The summed E-state index contributed by atoms with van der Waals surface area (Å²) < 4.78 is 46.6. The molecule has 8 nitrogen and oxygen atoms in total. The minimum atomic E-state index is -5.23. The summed E-state index contributed by atoms with van der Waals surface area (Å²) in [7, 11) is 4.57. The molecule has 2 amide bonds. The van der Waals surface area contributed by atoms with E-state index in [2.05, 4.69) is 15.2 Å². The predicted octanol–water partition coefficient (Wildman–Crippen LogP) is 4.25. The Balaban J connectivity index is 1.55. The van der Waals surface area contributed by atoms with Crippen molar-refractivity contribution in [3.05, 3.63) is 52.7 Å². The van der Waals surface area contributed by atoms with Gasteiger partial charge in [0.15, 0.2) is 0 Å². The Bertz CT molecular complexity index is 1170. The maximum absolute atomic E-state index is 13.9. The molecular weight excluding hydrogens is 537 g/mol. The fourth-order valence-electron chi connectivity index (χ4n) is 4.72. The van der Waals surface area contributed by atoms with Gasteiger partial charge in [-0.1, -0.05) is 30.7 Å². The molecule has 12 heteroatoms. The third-order valence-corrected chi connectivity index (χ3v) is 7.27. The third kappa shape index (κ3) is 6.94.